The van der Waals surface area contributed by atoms with E-state index < -0.39 is 11.8 Å². The van der Waals surface area contributed by atoms with Crippen molar-refractivity contribution in [2.75, 3.05) is 4.90 Å². The van der Waals surface area contributed by atoms with Crippen molar-refractivity contribution < 1.29 is 9.59 Å². The third kappa shape index (κ3) is 1.52. The van der Waals surface area contributed by atoms with E-state index >= 15 is 0 Å². The van der Waals surface area contributed by atoms with E-state index in [1.54, 1.807) is 0 Å². The highest BCUT2D eigenvalue weighted by Crippen LogP contribution is 2.25. The monoisotopic (exact) mass is 304 g/mol. The van der Waals surface area contributed by atoms with Crippen molar-refractivity contribution in [3.63, 3.8) is 0 Å². The highest BCUT2D eigenvalue weighted by atomic mass is 79.9. The number of carbonyl (C=O) groups is 2. The molecular weight excluding hydrogens is 300 g/mol. The highest BCUT2D eigenvalue weighted by molar-refractivity contribution is 9.10. The minimum atomic E-state index is -0.431. The van der Waals surface area contributed by atoms with Crippen molar-refractivity contribution in [2.45, 2.75) is 0 Å². The van der Waals surface area contributed by atoms with E-state index in [1.807, 2.05) is 0 Å². The number of rotatable bonds is 1. The van der Waals surface area contributed by atoms with Gasteiger partial charge in [0.15, 0.2) is 5.82 Å². The third-order valence-corrected chi connectivity index (χ3v) is 2.93. The van der Waals surface area contributed by atoms with Crippen LogP contribution in [-0.2, 0) is 0 Å². The van der Waals surface area contributed by atoms with Gasteiger partial charge < -0.3 is 0 Å². The van der Waals surface area contributed by atoms with Crippen LogP contribution in [0.25, 0.3) is 0 Å². The van der Waals surface area contributed by atoms with Gasteiger partial charge in [-0.05, 0) is 22.0 Å². The number of imide groups is 1. The summed E-state index contributed by atoms with van der Waals surface area (Å²) in [7, 11) is 0. The van der Waals surface area contributed by atoms with E-state index in [1.165, 1.54) is 30.9 Å². The molecule has 2 amide bonds. The molecule has 0 fully saturated rings. The Morgan fingerprint density at radius 1 is 1.00 bits per heavy atom. The molecule has 0 saturated carbocycles. The highest BCUT2D eigenvalue weighted by Gasteiger charge is 2.37. The summed E-state index contributed by atoms with van der Waals surface area (Å²) < 4.78 is 0.532. The quantitative estimate of drug-likeness (QED) is 0.745. The van der Waals surface area contributed by atoms with E-state index in [9.17, 15) is 9.59 Å². The van der Waals surface area contributed by atoms with E-state index in [4.69, 9.17) is 0 Å². The van der Waals surface area contributed by atoms with Crippen LogP contribution in [0, 0.1) is 0 Å². The summed E-state index contributed by atoms with van der Waals surface area (Å²) in [6.45, 7) is 0. The molecule has 0 radical (unpaired) electrons. The molecule has 0 unspecified atom stereocenters. The predicted octanol–water partition coefficient (Wildman–Crippen LogP) is 1.43. The van der Waals surface area contributed by atoms with Crippen molar-refractivity contribution in [1.82, 2.24) is 15.0 Å². The van der Waals surface area contributed by atoms with E-state index in [2.05, 4.69) is 30.9 Å². The second-order valence-corrected chi connectivity index (χ2v) is 4.38. The van der Waals surface area contributed by atoms with Crippen LogP contribution in [0.5, 0.6) is 0 Å². The maximum Gasteiger partial charge on any atom is 0.268 e. The van der Waals surface area contributed by atoms with Gasteiger partial charge in [-0.25, -0.2) is 14.9 Å². The number of pyridine rings is 1. The van der Waals surface area contributed by atoms with Crippen molar-refractivity contribution in [2.24, 2.45) is 0 Å². The minimum absolute atomic E-state index is 0.199. The Morgan fingerprint density at radius 3 is 2.44 bits per heavy atom. The van der Waals surface area contributed by atoms with Crippen molar-refractivity contribution in [3.05, 3.63) is 46.6 Å². The smallest absolute Gasteiger partial charge is 0.268 e. The average Bonchev–Trinajstić information content (AvgIpc) is 2.64. The number of fused-ring (bicyclic) bond motifs is 1. The summed E-state index contributed by atoms with van der Waals surface area (Å²) in [6.07, 6.45) is 5.64. The lowest BCUT2D eigenvalue weighted by Crippen LogP contribution is -2.30. The Bertz CT molecular complexity index is 621. The zero-order valence-electron chi connectivity index (χ0n) is 8.87. The molecule has 7 heteroatoms. The molecule has 3 rings (SSSR count). The first-order chi connectivity index (χ1) is 8.68. The molecular formula is C11H5BrN4O2. The minimum Gasteiger partial charge on any atom is -0.268 e. The number of halogens is 1. The second-order valence-electron chi connectivity index (χ2n) is 3.56. The number of anilines is 1. The largest absolute Gasteiger partial charge is 0.268 e. The molecule has 0 atom stereocenters. The number of carbonyl (C=O) groups excluding carboxylic acids is 2. The summed E-state index contributed by atoms with van der Waals surface area (Å²) in [5, 5.41) is 0. The van der Waals surface area contributed by atoms with E-state index in [0.29, 0.717) is 10.2 Å². The Balaban J connectivity index is 2.09. The summed E-state index contributed by atoms with van der Waals surface area (Å²) in [5.74, 6) is -0.641. The maximum absolute atomic E-state index is 12.1. The van der Waals surface area contributed by atoms with Crippen LogP contribution in [0.15, 0.2) is 35.5 Å². The van der Waals surface area contributed by atoms with E-state index in [-0.39, 0.29) is 11.4 Å². The van der Waals surface area contributed by atoms with Gasteiger partial charge in [0.05, 0.1) is 23.5 Å². The second kappa shape index (κ2) is 3.95. The summed E-state index contributed by atoms with van der Waals surface area (Å²) in [6, 6.07) is 1.52. The van der Waals surface area contributed by atoms with Crippen molar-refractivity contribution in [3.8, 4) is 0 Å². The topological polar surface area (TPSA) is 76.1 Å². The summed E-state index contributed by atoms with van der Waals surface area (Å²) in [5.41, 5.74) is 0.618. The van der Waals surface area contributed by atoms with Crippen molar-refractivity contribution >= 4 is 33.6 Å². The van der Waals surface area contributed by atoms with Crippen LogP contribution < -0.4 is 4.90 Å². The number of hydrogen-bond donors (Lipinski definition) is 0. The fourth-order valence-electron chi connectivity index (χ4n) is 1.71. The fourth-order valence-corrected chi connectivity index (χ4v) is 1.92. The van der Waals surface area contributed by atoms with Gasteiger partial charge in [0.2, 0.25) is 0 Å². The van der Waals surface area contributed by atoms with Gasteiger partial charge in [-0.15, -0.1) is 0 Å². The zero-order valence-corrected chi connectivity index (χ0v) is 10.5. The van der Waals surface area contributed by atoms with Gasteiger partial charge in [-0.2, -0.15) is 0 Å². The lowest BCUT2D eigenvalue weighted by molar-refractivity contribution is 0.0925. The first-order valence-corrected chi connectivity index (χ1v) is 5.78. The molecule has 0 saturated heterocycles. The fraction of sp³-hybridized carbons (Fsp3) is 0. The lowest BCUT2D eigenvalue weighted by Gasteiger charge is -2.11. The molecule has 2 aromatic rings. The first-order valence-electron chi connectivity index (χ1n) is 4.99. The van der Waals surface area contributed by atoms with Crippen LogP contribution in [0.3, 0.4) is 0 Å². The summed E-state index contributed by atoms with van der Waals surface area (Å²) >= 11 is 3.14. The van der Waals surface area contributed by atoms with Crippen LogP contribution >= 0.6 is 15.9 Å². The van der Waals surface area contributed by atoms with Crippen LogP contribution in [0.2, 0.25) is 0 Å². The van der Waals surface area contributed by atoms with Crippen LogP contribution in [-0.4, -0.2) is 26.8 Å². The van der Waals surface area contributed by atoms with Gasteiger partial charge in [-0.1, -0.05) is 0 Å². The molecule has 3 heterocycles. The maximum atomic E-state index is 12.1. The SMILES string of the molecule is O=C1c2ccncc2C(=O)N1c1cnc(Br)cn1. The zero-order chi connectivity index (χ0) is 12.7. The summed E-state index contributed by atoms with van der Waals surface area (Å²) in [4.78, 5) is 36.9. The van der Waals surface area contributed by atoms with Crippen LogP contribution in [0.1, 0.15) is 20.7 Å². The van der Waals surface area contributed by atoms with Crippen LogP contribution in [0.4, 0.5) is 5.82 Å². The molecule has 0 aliphatic carbocycles. The molecule has 6 nitrogen and oxygen atoms in total. The molecule has 18 heavy (non-hydrogen) atoms. The van der Waals surface area contributed by atoms with Gasteiger partial charge in [0.25, 0.3) is 11.8 Å². The normalized spacial score (nSPS) is 13.9. The molecule has 0 bridgehead atoms. The average molecular weight is 305 g/mol. The van der Waals surface area contributed by atoms with Gasteiger partial charge in [0, 0.05) is 12.4 Å². The number of aromatic nitrogens is 3. The third-order valence-electron chi connectivity index (χ3n) is 2.52. The van der Waals surface area contributed by atoms with Gasteiger partial charge in [-0.3, -0.25) is 14.6 Å². The molecule has 0 aromatic carbocycles. The van der Waals surface area contributed by atoms with Crippen molar-refractivity contribution in [1.29, 1.82) is 0 Å². The Kier molecular flexibility index (Phi) is 2.41. The Hall–Kier alpha value is -2.15. The standard InChI is InChI=1S/C11H5BrN4O2/c12-8-4-15-9(5-14-8)16-10(17)6-1-2-13-3-7(6)11(16)18/h1-5H. The molecule has 0 N–H and O–H groups in total. The Labute approximate surface area is 110 Å². The van der Waals surface area contributed by atoms with Gasteiger partial charge in [0.1, 0.15) is 4.60 Å². The molecule has 88 valence electrons. The molecule has 2 aromatic heterocycles. The molecule has 1 aliphatic heterocycles. The predicted molar refractivity (Wildman–Crippen MR) is 65.1 cm³/mol. The number of hydrogen-bond acceptors (Lipinski definition) is 5. The number of amides is 2. The number of nitrogens with zero attached hydrogens (tertiary/aromatic N) is 4. The van der Waals surface area contributed by atoms with Gasteiger partial charge >= 0.3 is 0 Å². The first kappa shape index (κ1) is 11.0. The Morgan fingerprint density at radius 2 is 1.78 bits per heavy atom. The van der Waals surface area contributed by atoms with E-state index in [0.717, 1.165) is 4.90 Å². The lowest BCUT2D eigenvalue weighted by atomic mass is 10.2. The molecule has 1 aliphatic rings. The molecule has 0 spiro atoms.